The minimum atomic E-state index is -2.12. The fourth-order valence-electron chi connectivity index (χ4n) is 1.25. The van der Waals surface area contributed by atoms with E-state index in [0.29, 0.717) is 0 Å². The summed E-state index contributed by atoms with van der Waals surface area (Å²) < 4.78 is 40.2. The molecule has 0 aromatic heterocycles. The van der Waals surface area contributed by atoms with Gasteiger partial charge in [-0.15, -0.1) is 0 Å². The van der Waals surface area contributed by atoms with Crippen molar-refractivity contribution in [1.82, 2.24) is 5.32 Å². The number of carbonyl (C=O) groups is 2. The summed E-state index contributed by atoms with van der Waals surface area (Å²) in [5.74, 6) is -2.91. The molecule has 0 unspecified atom stereocenters. The first kappa shape index (κ1) is 14.1. The van der Waals surface area contributed by atoms with Crippen LogP contribution >= 0.6 is 22.6 Å². The minimum Gasteiger partial charge on any atom is -0.458 e. The van der Waals surface area contributed by atoms with Crippen LogP contribution < -0.4 is 5.32 Å². The van der Waals surface area contributed by atoms with Crippen molar-refractivity contribution in [3.05, 3.63) is 0 Å². The highest BCUT2D eigenvalue weighted by Gasteiger charge is 2.29. The van der Waals surface area contributed by atoms with Crippen LogP contribution in [-0.2, 0) is 14.3 Å². The van der Waals surface area contributed by atoms with Gasteiger partial charge in [-0.05, 0) is 53.8 Å². The number of ether oxygens (including phenoxy) is 2. The second-order valence-electron chi connectivity index (χ2n) is 6.60. The van der Waals surface area contributed by atoms with Crippen molar-refractivity contribution in [2.75, 3.05) is 4.38 Å². The number of esters is 1. The van der Waals surface area contributed by atoms with Crippen molar-refractivity contribution < 1.29 is 24.5 Å². The Morgan fingerprint density at radius 1 is 1.19 bits per heavy atom. The van der Waals surface area contributed by atoms with Gasteiger partial charge in [0.25, 0.3) is 0 Å². The van der Waals surface area contributed by atoms with Crippen molar-refractivity contribution in [3.8, 4) is 0 Å². The molecule has 0 aliphatic carbocycles. The Morgan fingerprint density at radius 3 is 2.05 bits per heavy atom. The Balaban J connectivity index is 5.61. The summed E-state index contributed by atoms with van der Waals surface area (Å²) in [4.78, 5) is 24.5. The Hall–Kier alpha value is -0.530. The van der Waals surface area contributed by atoms with Crippen LogP contribution in [0.2, 0.25) is 0 Å². The molecule has 0 aliphatic rings. The molecule has 0 rings (SSSR count). The molecule has 0 aromatic carbocycles. The lowest BCUT2D eigenvalue weighted by Gasteiger charge is -2.27. The molecular weight excluding hydrogens is 386 g/mol. The van der Waals surface area contributed by atoms with Crippen LogP contribution in [0, 0.1) is 5.89 Å². The van der Waals surface area contributed by atoms with E-state index in [2.05, 4.69) is 5.32 Å². The van der Waals surface area contributed by atoms with Gasteiger partial charge in [-0.25, -0.2) is 9.59 Å². The second kappa shape index (κ2) is 8.19. The average molecular weight is 418 g/mol. The fraction of sp³-hybridized carbons (Fsp3) is 0.867. The summed E-state index contributed by atoms with van der Waals surface area (Å²) >= 11 is 1.41. The van der Waals surface area contributed by atoms with E-state index in [-0.39, 0.29) is 0 Å². The van der Waals surface area contributed by atoms with E-state index >= 15 is 0 Å². The van der Waals surface area contributed by atoms with E-state index in [0.717, 1.165) is 0 Å². The summed E-state index contributed by atoms with van der Waals surface area (Å²) in [5, 5.41) is 2.26. The fourth-order valence-corrected chi connectivity index (χ4v) is 1.43. The molecule has 0 heterocycles. The van der Waals surface area contributed by atoms with Gasteiger partial charge in [0.15, 0.2) is 0 Å². The molecular formula is C15H28INO4. The summed E-state index contributed by atoms with van der Waals surface area (Å²) in [5.41, 5.74) is -1.69. The lowest BCUT2D eigenvalue weighted by atomic mass is 10.1. The zero-order valence-electron chi connectivity index (χ0n) is 17.7. The van der Waals surface area contributed by atoms with Gasteiger partial charge in [0.1, 0.15) is 17.2 Å². The molecule has 0 spiro atoms. The van der Waals surface area contributed by atoms with Gasteiger partial charge in [-0.2, -0.15) is 0 Å². The highest BCUT2D eigenvalue weighted by atomic mass is 127. The first-order valence-electron chi connectivity index (χ1n) is 8.69. The van der Waals surface area contributed by atoms with Gasteiger partial charge in [-0.1, -0.05) is 29.5 Å². The molecule has 3 atom stereocenters. The maximum Gasteiger partial charge on any atom is 0.408 e. The monoisotopic (exact) mass is 418 g/mol. The quantitative estimate of drug-likeness (QED) is 0.320. The van der Waals surface area contributed by atoms with Crippen LogP contribution in [0.4, 0.5) is 4.79 Å². The number of rotatable bonds is 5. The third-order valence-corrected chi connectivity index (χ3v) is 2.75. The molecule has 0 bridgehead atoms. The van der Waals surface area contributed by atoms with E-state index < -0.39 is 46.0 Å². The van der Waals surface area contributed by atoms with Crippen LogP contribution in [0.5, 0.6) is 0 Å². The first-order valence-corrected chi connectivity index (χ1v) is 7.69. The number of carbonyl (C=O) groups excluding carboxylic acids is 2. The van der Waals surface area contributed by atoms with Crippen molar-refractivity contribution in [2.24, 2.45) is 5.89 Å². The normalized spacial score (nSPS) is 21.5. The van der Waals surface area contributed by atoms with Crippen LogP contribution in [0.25, 0.3) is 0 Å². The van der Waals surface area contributed by atoms with Crippen molar-refractivity contribution >= 4 is 34.7 Å². The standard InChI is InChI=1S/C15H28INO4/c1-10(9-16)8-11(12(18)20-14(2,3)4)17-13(19)21-15(5,6)7/h10-11H,8-9H2,1-7H3,(H,17,19)/t10-,11-/m0/s1/i1+1,8D,9D2,10D/t8-,10-,11-. The molecule has 21 heavy (non-hydrogen) atoms. The number of amides is 1. The smallest absolute Gasteiger partial charge is 0.408 e. The largest absolute Gasteiger partial charge is 0.458 e. The Morgan fingerprint density at radius 2 is 1.67 bits per heavy atom. The van der Waals surface area contributed by atoms with Crippen LogP contribution in [-0.4, -0.2) is 33.7 Å². The molecule has 6 heteroatoms. The highest BCUT2D eigenvalue weighted by molar-refractivity contribution is 14.1. The second-order valence-corrected chi connectivity index (χ2v) is 7.14. The molecule has 1 N–H and O–H groups in total. The summed E-state index contributed by atoms with van der Waals surface area (Å²) in [6.45, 7) is 11.0. The average Bonchev–Trinajstić information content (AvgIpc) is 2.28. The van der Waals surface area contributed by atoms with E-state index in [1.807, 2.05) is 0 Å². The molecule has 0 saturated heterocycles. The topological polar surface area (TPSA) is 64.6 Å². The number of halogens is 1. The molecule has 0 saturated carbocycles. The van der Waals surface area contributed by atoms with Crippen LogP contribution in [0.1, 0.15) is 60.3 Å². The number of alkyl carbamates (subject to hydrolysis) is 1. The van der Waals surface area contributed by atoms with Gasteiger partial charge in [0.2, 0.25) is 0 Å². The summed E-state index contributed by atoms with van der Waals surface area (Å²) in [6, 6.07) is -1.55. The number of hydrogen-bond acceptors (Lipinski definition) is 4. The number of alkyl halides is 1. The van der Waals surface area contributed by atoms with Crippen molar-refractivity contribution in [2.45, 2.75) is 72.1 Å². The molecule has 5 nitrogen and oxygen atoms in total. The zero-order valence-corrected chi connectivity index (χ0v) is 15.8. The van der Waals surface area contributed by atoms with E-state index in [9.17, 15) is 9.59 Å². The molecule has 0 aliphatic heterocycles. The Kier molecular flexibility index (Phi) is 5.50. The van der Waals surface area contributed by atoms with Crippen molar-refractivity contribution in [3.63, 3.8) is 0 Å². The van der Waals surface area contributed by atoms with Gasteiger partial charge in [-0.3, -0.25) is 0 Å². The van der Waals surface area contributed by atoms with Crippen LogP contribution in [0.3, 0.4) is 0 Å². The first-order chi connectivity index (χ1) is 10.8. The predicted molar refractivity (Wildman–Crippen MR) is 91.7 cm³/mol. The Labute approximate surface area is 147 Å². The lowest BCUT2D eigenvalue weighted by Crippen LogP contribution is -2.46. The van der Waals surface area contributed by atoms with E-state index in [1.54, 1.807) is 41.5 Å². The SMILES string of the molecule is [2H][C@H]([C@H](NC(=O)OC(C)(C)C)C(=O)OC(C)(C)C)[C@]([2H])([13CH3])C([2H])([2H])I. The van der Waals surface area contributed by atoms with Crippen molar-refractivity contribution in [1.29, 1.82) is 0 Å². The zero-order chi connectivity index (χ0) is 20.4. The van der Waals surface area contributed by atoms with Gasteiger partial charge in [0.05, 0.1) is 0 Å². The van der Waals surface area contributed by atoms with Crippen LogP contribution in [0.15, 0.2) is 0 Å². The van der Waals surface area contributed by atoms with Gasteiger partial charge in [0, 0.05) is 9.86 Å². The maximum atomic E-state index is 12.5. The summed E-state index contributed by atoms with van der Waals surface area (Å²) in [7, 11) is 0. The van der Waals surface area contributed by atoms with E-state index in [4.69, 9.17) is 15.0 Å². The number of nitrogens with one attached hydrogen (secondary N) is 1. The highest BCUT2D eigenvalue weighted by Crippen LogP contribution is 2.15. The Bertz CT molecular complexity index is 495. The van der Waals surface area contributed by atoms with Gasteiger partial charge >= 0.3 is 12.1 Å². The molecule has 0 aromatic rings. The third kappa shape index (κ3) is 10.8. The molecule has 1 amide bonds. The number of hydrogen-bond donors (Lipinski definition) is 1. The maximum absolute atomic E-state index is 12.5. The third-order valence-electron chi connectivity index (χ3n) is 1.90. The molecule has 124 valence electrons. The summed E-state index contributed by atoms with van der Waals surface area (Å²) in [6.07, 6.45) is -2.56. The predicted octanol–water partition coefficient (Wildman–Crippen LogP) is 3.68. The lowest BCUT2D eigenvalue weighted by molar-refractivity contribution is -0.157. The molecule has 0 fully saturated rings. The molecule has 0 radical (unpaired) electrons. The van der Waals surface area contributed by atoms with Gasteiger partial charge < -0.3 is 14.8 Å². The van der Waals surface area contributed by atoms with E-state index in [1.165, 1.54) is 29.5 Å². The minimum absolute atomic E-state index is 0.817.